The third kappa shape index (κ3) is 4.11. The average molecular weight is 337 g/mol. The van der Waals surface area contributed by atoms with Crippen LogP contribution >= 0.6 is 11.8 Å². The molecule has 0 atom stereocenters. The van der Waals surface area contributed by atoms with Crippen LogP contribution in [-0.2, 0) is 11.3 Å². The number of carbonyl (C=O) groups is 1. The van der Waals surface area contributed by atoms with E-state index in [1.54, 1.807) is 0 Å². The molecular weight excluding hydrogens is 318 g/mol. The van der Waals surface area contributed by atoms with E-state index in [-0.39, 0.29) is 5.91 Å². The molecule has 3 aromatic rings. The normalized spacial score (nSPS) is 10.8. The molecule has 122 valence electrons. The monoisotopic (exact) mass is 337 g/mol. The smallest absolute Gasteiger partial charge is 0.230 e. The van der Waals surface area contributed by atoms with Gasteiger partial charge in [-0.15, -0.1) is 0 Å². The van der Waals surface area contributed by atoms with Crippen LogP contribution in [0.1, 0.15) is 16.8 Å². The quantitative estimate of drug-likeness (QED) is 0.722. The highest BCUT2D eigenvalue weighted by atomic mass is 32.2. The summed E-state index contributed by atoms with van der Waals surface area (Å²) < 4.78 is 0. The van der Waals surface area contributed by atoms with Gasteiger partial charge >= 0.3 is 0 Å². The van der Waals surface area contributed by atoms with Gasteiger partial charge in [-0.1, -0.05) is 53.7 Å². The minimum Gasteiger partial charge on any atom is -0.351 e. The standard InChI is InChI=1S/C19H19N3OS/c1-13-7-9-15(10-8-13)11-20-18(23)12-24-19-14(2)21-16-5-3-4-6-17(16)22-19/h3-10H,11-12H2,1-2H3,(H,20,23). The van der Waals surface area contributed by atoms with E-state index in [2.05, 4.69) is 15.3 Å². The van der Waals surface area contributed by atoms with Crippen molar-refractivity contribution in [2.24, 2.45) is 0 Å². The van der Waals surface area contributed by atoms with Gasteiger partial charge < -0.3 is 5.32 Å². The molecule has 0 aliphatic rings. The molecule has 0 fully saturated rings. The zero-order chi connectivity index (χ0) is 16.9. The molecule has 0 aliphatic heterocycles. The Morgan fingerprint density at radius 2 is 1.67 bits per heavy atom. The highest BCUT2D eigenvalue weighted by Gasteiger charge is 2.08. The first-order valence-corrected chi connectivity index (χ1v) is 8.79. The summed E-state index contributed by atoms with van der Waals surface area (Å²) >= 11 is 1.42. The summed E-state index contributed by atoms with van der Waals surface area (Å²) in [5.41, 5.74) is 4.89. The number of amides is 1. The average Bonchev–Trinajstić information content (AvgIpc) is 2.59. The van der Waals surface area contributed by atoms with Crippen molar-refractivity contribution in [2.75, 3.05) is 5.75 Å². The predicted octanol–water partition coefficient (Wildman–Crippen LogP) is 3.66. The number of aryl methyl sites for hydroxylation is 2. The van der Waals surface area contributed by atoms with Crippen molar-refractivity contribution >= 4 is 28.7 Å². The van der Waals surface area contributed by atoms with Gasteiger partial charge in [-0.3, -0.25) is 4.79 Å². The van der Waals surface area contributed by atoms with Crippen molar-refractivity contribution in [3.05, 3.63) is 65.4 Å². The first-order valence-electron chi connectivity index (χ1n) is 7.80. The van der Waals surface area contributed by atoms with Crippen LogP contribution in [0.2, 0.25) is 0 Å². The second kappa shape index (κ2) is 7.45. The molecule has 1 heterocycles. The van der Waals surface area contributed by atoms with Crippen molar-refractivity contribution in [1.82, 2.24) is 15.3 Å². The van der Waals surface area contributed by atoms with Gasteiger partial charge in [0.25, 0.3) is 0 Å². The maximum Gasteiger partial charge on any atom is 0.230 e. The van der Waals surface area contributed by atoms with E-state index >= 15 is 0 Å². The second-order valence-corrected chi connectivity index (χ2v) is 6.62. The van der Waals surface area contributed by atoms with Crippen LogP contribution in [0.5, 0.6) is 0 Å². The molecule has 0 aliphatic carbocycles. The van der Waals surface area contributed by atoms with Crippen LogP contribution in [0.3, 0.4) is 0 Å². The van der Waals surface area contributed by atoms with Crippen molar-refractivity contribution in [2.45, 2.75) is 25.4 Å². The lowest BCUT2D eigenvalue weighted by molar-refractivity contribution is -0.118. The highest BCUT2D eigenvalue weighted by Crippen LogP contribution is 2.21. The van der Waals surface area contributed by atoms with E-state index in [0.717, 1.165) is 27.3 Å². The number of nitrogens with one attached hydrogen (secondary N) is 1. The number of hydrogen-bond donors (Lipinski definition) is 1. The lowest BCUT2D eigenvalue weighted by atomic mass is 10.1. The van der Waals surface area contributed by atoms with Gasteiger partial charge in [0, 0.05) is 6.54 Å². The molecule has 0 bridgehead atoms. The molecule has 1 aromatic heterocycles. The number of nitrogens with zero attached hydrogens (tertiary/aromatic N) is 2. The number of hydrogen-bond acceptors (Lipinski definition) is 4. The Balaban J connectivity index is 1.58. The van der Waals surface area contributed by atoms with Gasteiger partial charge in [0.1, 0.15) is 5.03 Å². The molecule has 1 N–H and O–H groups in total. The van der Waals surface area contributed by atoms with Gasteiger partial charge in [-0.05, 0) is 31.5 Å². The van der Waals surface area contributed by atoms with Crippen molar-refractivity contribution in [1.29, 1.82) is 0 Å². The number of thioether (sulfide) groups is 1. The predicted molar refractivity (Wildman–Crippen MR) is 98.0 cm³/mol. The van der Waals surface area contributed by atoms with E-state index in [9.17, 15) is 4.79 Å². The highest BCUT2D eigenvalue weighted by molar-refractivity contribution is 7.99. The lowest BCUT2D eigenvalue weighted by Gasteiger charge is -2.07. The van der Waals surface area contributed by atoms with E-state index < -0.39 is 0 Å². The summed E-state index contributed by atoms with van der Waals surface area (Å²) in [6.45, 7) is 4.51. The summed E-state index contributed by atoms with van der Waals surface area (Å²) in [6, 6.07) is 15.9. The van der Waals surface area contributed by atoms with Crippen LogP contribution in [-0.4, -0.2) is 21.6 Å². The first kappa shape index (κ1) is 16.5. The van der Waals surface area contributed by atoms with Crippen LogP contribution in [0.4, 0.5) is 0 Å². The van der Waals surface area contributed by atoms with Gasteiger partial charge in [0.05, 0.1) is 22.5 Å². The Morgan fingerprint density at radius 1 is 1.00 bits per heavy atom. The van der Waals surface area contributed by atoms with E-state index in [1.165, 1.54) is 17.3 Å². The summed E-state index contributed by atoms with van der Waals surface area (Å²) in [7, 11) is 0. The van der Waals surface area contributed by atoms with Gasteiger partial charge in [0.2, 0.25) is 5.91 Å². The minimum absolute atomic E-state index is 0.00469. The van der Waals surface area contributed by atoms with Crippen LogP contribution < -0.4 is 5.32 Å². The fraction of sp³-hybridized carbons (Fsp3) is 0.211. The van der Waals surface area contributed by atoms with Crippen molar-refractivity contribution in [3.63, 3.8) is 0 Å². The zero-order valence-electron chi connectivity index (χ0n) is 13.7. The summed E-state index contributed by atoms with van der Waals surface area (Å²) in [4.78, 5) is 21.2. The third-order valence-corrected chi connectivity index (χ3v) is 4.72. The van der Waals surface area contributed by atoms with Gasteiger partial charge in [0.15, 0.2) is 0 Å². The number of para-hydroxylation sites is 2. The SMILES string of the molecule is Cc1ccc(CNC(=O)CSc2nc3ccccc3nc2C)cc1. The van der Waals surface area contributed by atoms with Gasteiger partial charge in [-0.2, -0.15) is 0 Å². The molecular formula is C19H19N3OS. The second-order valence-electron chi connectivity index (χ2n) is 5.65. The number of aromatic nitrogens is 2. The zero-order valence-corrected chi connectivity index (χ0v) is 14.6. The Morgan fingerprint density at radius 3 is 2.38 bits per heavy atom. The molecule has 0 spiro atoms. The van der Waals surface area contributed by atoms with Crippen molar-refractivity contribution < 1.29 is 4.79 Å². The fourth-order valence-corrected chi connectivity index (χ4v) is 3.09. The molecule has 1 amide bonds. The molecule has 2 aromatic carbocycles. The molecule has 3 rings (SSSR count). The lowest BCUT2D eigenvalue weighted by Crippen LogP contribution is -2.24. The third-order valence-electron chi connectivity index (χ3n) is 3.65. The maximum absolute atomic E-state index is 12.1. The van der Waals surface area contributed by atoms with Crippen LogP contribution in [0.15, 0.2) is 53.6 Å². The first-order chi connectivity index (χ1) is 11.6. The molecule has 4 nitrogen and oxygen atoms in total. The number of carbonyl (C=O) groups excluding carboxylic acids is 1. The fourth-order valence-electron chi connectivity index (χ4n) is 2.30. The maximum atomic E-state index is 12.1. The molecule has 0 unspecified atom stereocenters. The summed E-state index contributed by atoms with van der Waals surface area (Å²) in [6.07, 6.45) is 0. The Labute approximate surface area is 145 Å². The summed E-state index contributed by atoms with van der Waals surface area (Å²) in [5.74, 6) is 0.328. The molecule has 0 saturated heterocycles. The Bertz CT molecular complexity index is 862. The summed E-state index contributed by atoms with van der Waals surface area (Å²) in [5, 5.41) is 3.74. The Hall–Kier alpha value is -2.40. The topological polar surface area (TPSA) is 54.9 Å². The van der Waals surface area contributed by atoms with E-state index in [0.29, 0.717) is 12.3 Å². The van der Waals surface area contributed by atoms with E-state index in [4.69, 9.17) is 0 Å². The van der Waals surface area contributed by atoms with Crippen LogP contribution in [0, 0.1) is 13.8 Å². The number of benzene rings is 2. The largest absolute Gasteiger partial charge is 0.351 e. The molecule has 5 heteroatoms. The molecule has 0 radical (unpaired) electrons. The van der Waals surface area contributed by atoms with Gasteiger partial charge in [-0.25, -0.2) is 9.97 Å². The van der Waals surface area contributed by atoms with Crippen molar-refractivity contribution in [3.8, 4) is 0 Å². The minimum atomic E-state index is -0.00469. The molecule has 0 saturated carbocycles. The number of rotatable bonds is 5. The number of fused-ring (bicyclic) bond motifs is 1. The van der Waals surface area contributed by atoms with E-state index in [1.807, 2.05) is 62.4 Å². The Kier molecular flexibility index (Phi) is 5.11. The molecule has 24 heavy (non-hydrogen) atoms. The van der Waals surface area contributed by atoms with Crippen LogP contribution in [0.25, 0.3) is 11.0 Å².